The number of hydrogen-bond acceptors (Lipinski definition) is 7. The van der Waals surface area contributed by atoms with Gasteiger partial charge in [-0.2, -0.15) is 0 Å². The lowest BCUT2D eigenvalue weighted by molar-refractivity contribution is -0.200. The predicted octanol–water partition coefficient (Wildman–Crippen LogP) is 5.47. The smallest absolute Gasteiger partial charge is 0.245 e. The summed E-state index contributed by atoms with van der Waals surface area (Å²) in [5, 5.41) is 3.04. The lowest BCUT2D eigenvalue weighted by Crippen LogP contribution is -2.37. The van der Waals surface area contributed by atoms with Crippen LogP contribution in [0.4, 0.5) is 5.69 Å². The zero-order chi connectivity index (χ0) is 24.8. The van der Waals surface area contributed by atoms with Gasteiger partial charge in [-0.05, 0) is 67.7 Å². The zero-order valence-electron chi connectivity index (χ0n) is 20.5. The van der Waals surface area contributed by atoms with Gasteiger partial charge in [0.05, 0.1) is 17.3 Å². The minimum Gasteiger partial charge on any atom is -0.381 e. The third kappa shape index (κ3) is 6.31. The third-order valence-electron chi connectivity index (χ3n) is 7.01. The molecule has 36 heavy (non-hydrogen) atoms. The van der Waals surface area contributed by atoms with Crippen LogP contribution in [0.25, 0.3) is 10.4 Å². The Labute approximate surface area is 220 Å². The molecule has 3 aliphatic heterocycles. The van der Waals surface area contributed by atoms with Crippen molar-refractivity contribution >= 4 is 40.6 Å². The Kier molecular flexibility index (Phi) is 8.64. The topological polar surface area (TPSA) is 85.9 Å². The van der Waals surface area contributed by atoms with Gasteiger partial charge in [-0.3, -0.25) is 9.59 Å². The summed E-state index contributed by atoms with van der Waals surface area (Å²) in [6, 6.07) is 12.3. The first-order valence-corrected chi connectivity index (χ1v) is 14.7. The molecule has 5 rings (SSSR count). The van der Waals surface area contributed by atoms with E-state index in [-0.39, 0.29) is 28.8 Å². The minimum absolute atomic E-state index is 0.0148. The van der Waals surface area contributed by atoms with E-state index in [0.29, 0.717) is 26.2 Å². The normalized spacial score (nSPS) is 26.4. The number of hydroxylamine groups is 1. The molecule has 9 heteroatoms. The maximum Gasteiger partial charge on any atom is 0.245 e. The van der Waals surface area contributed by atoms with Gasteiger partial charge in [0.25, 0.3) is 0 Å². The first-order chi connectivity index (χ1) is 17.6. The number of hydrogen-bond donors (Lipinski definition) is 2. The summed E-state index contributed by atoms with van der Waals surface area (Å²) in [5.74, 6) is 0.875. The number of thiophene rings is 1. The standard InChI is InChI=1S/C27H34N2O5S2/c30-24(29-34-25-8-1-3-13-33-25)17-27(12-2-4-15-35-27)23-10-9-22(36-23)19-6-5-7-21(16-19)28-26(31)20-11-14-32-18-20/h5-7,9-10,16,20,25H,1-4,8,11-15,17-18H2,(H,28,31)(H,29,30)/t20?,25?,27-/m0/s1. The molecule has 1 aromatic carbocycles. The van der Waals surface area contributed by atoms with Gasteiger partial charge in [-0.1, -0.05) is 18.6 Å². The highest BCUT2D eigenvalue weighted by Crippen LogP contribution is 2.51. The van der Waals surface area contributed by atoms with Crippen molar-refractivity contribution in [2.45, 2.75) is 62.4 Å². The highest BCUT2D eigenvalue weighted by atomic mass is 32.2. The molecule has 0 saturated carbocycles. The van der Waals surface area contributed by atoms with Gasteiger partial charge in [0, 0.05) is 41.5 Å². The molecule has 0 radical (unpaired) electrons. The van der Waals surface area contributed by atoms with Crippen LogP contribution in [0.5, 0.6) is 0 Å². The first-order valence-electron chi connectivity index (χ1n) is 12.9. The largest absolute Gasteiger partial charge is 0.381 e. The number of anilines is 1. The molecule has 3 saturated heterocycles. The number of nitrogens with one attached hydrogen (secondary N) is 2. The van der Waals surface area contributed by atoms with E-state index in [2.05, 4.69) is 29.0 Å². The highest BCUT2D eigenvalue weighted by Gasteiger charge is 2.38. The molecule has 3 atom stereocenters. The van der Waals surface area contributed by atoms with E-state index in [4.69, 9.17) is 14.3 Å². The van der Waals surface area contributed by atoms with Gasteiger partial charge < -0.3 is 14.8 Å². The summed E-state index contributed by atoms with van der Waals surface area (Å²) in [6.07, 6.45) is 6.94. The molecule has 4 heterocycles. The summed E-state index contributed by atoms with van der Waals surface area (Å²) < 4.78 is 10.7. The number of carbonyl (C=O) groups excluding carboxylic acids is 2. The summed E-state index contributed by atoms with van der Waals surface area (Å²) in [5.41, 5.74) is 4.51. The lowest BCUT2D eigenvalue weighted by atomic mass is 9.94. The van der Waals surface area contributed by atoms with E-state index in [1.165, 1.54) is 11.3 Å². The number of ether oxygens (including phenoxy) is 2. The van der Waals surface area contributed by atoms with Crippen LogP contribution in [0.2, 0.25) is 0 Å². The van der Waals surface area contributed by atoms with Crippen molar-refractivity contribution in [1.29, 1.82) is 0 Å². The summed E-state index contributed by atoms with van der Waals surface area (Å²) in [6.45, 7) is 1.82. The van der Waals surface area contributed by atoms with E-state index in [1.54, 1.807) is 11.3 Å². The molecule has 7 nitrogen and oxygen atoms in total. The molecule has 2 N–H and O–H groups in total. The lowest BCUT2D eigenvalue weighted by Gasteiger charge is -2.35. The Hall–Kier alpha value is -1.91. The van der Waals surface area contributed by atoms with Gasteiger partial charge in [-0.25, -0.2) is 10.3 Å². The predicted molar refractivity (Wildman–Crippen MR) is 143 cm³/mol. The Morgan fingerprint density at radius 3 is 2.81 bits per heavy atom. The zero-order valence-corrected chi connectivity index (χ0v) is 22.1. The third-order valence-corrected chi connectivity index (χ3v) is 10.1. The van der Waals surface area contributed by atoms with Gasteiger partial charge in [0.1, 0.15) is 0 Å². The SMILES string of the molecule is O=C(C[C@]1(c2ccc(-c3cccc(NC(=O)C4CCOC4)c3)s2)CCCCS1)NOC1CCCCO1. The number of thioether (sulfide) groups is 1. The van der Waals surface area contributed by atoms with Gasteiger partial charge >= 0.3 is 0 Å². The second-order valence-corrected chi connectivity index (χ2v) is 12.3. The Morgan fingerprint density at radius 2 is 2.03 bits per heavy atom. The van der Waals surface area contributed by atoms with E-state index in [1.807, 2.05) is 30.0 Å². The molecular weight excluding hydrogens is 496 g/mol. The fraction of sp³-hybridized carbons (Fsp3) is 0.556. The minimum atomic E-state index is -0.347. The number of amides is 2. The van der Waals surface area contributed by atoms with Crippen molar-refractivity contribution < 1.29 is 23.9 Å². The van der Waals surface area contributed by atoms with Gasteiger partial charge in [0.2, 0.25) is 11.8 Å². The summed E-state index contributed by atoms with van der Waals surface area (Å²) in [7, 11) is 0. The Balaban J connectivity index is 1.27. The van der Waals surface area contributed by atoms with Crippen molar-refractivity contribution in [1.82, 2.24) is 5.48 Å². The average molecular weight is 531 g/mol. The molecule has 0 aliphatic carbocycles. The molecule has 2 aromatic rings. The molecule has 2 unspecified atom stereocenters. The van der Waals surface area contributed by atoms with Gasteiger partial charge in [-0.15, -0.1) is 23.1 Å². The fourth-order valence-corrected chi connectivity index (χ4v) is 7.87. The van der Waals surface area contributed by atoms with Crippen LogP contribution in [0.15, 0.2) is 36.4 Å². The van der Waals surface area contributed by atoms with E-state index < -0.39 is 0 Å². The highest BCUT2D eigenvalue weighted by molar-refractivity contribution is 8.00. The maximum absolute atomic E-state index is 12.9. The van der Waals surface area contributed by atoms with Crippen molar-refractivity contribution in [2.24, 2.45) is 5.92 Å². The molecule has 194 valence electrons. The van der Waals surface area contributed by atoms with E-state index >= 15 is 0 Å². The van der Waals surface area contributed by atoms with Crippen LogP contribution in [0, 0.1) is 5.92 Å². The number of rotatable bonds is 8. The van der Waals surface area contributed by atoms with E-state index in [9.17, 15) is 9.59 Å². The van der Waals surface area contributed by atoms with Gasteiger partial charge in [0.15, 0.2) is 6.29 Å². The van der Waals surface area contributed by atoms with Crippen LogP contribution >= 0.6 is 23.1 Å². The number of benzene rings is 1. The molecule has 3 aliphatic rings. The molecular formula is C27H34N2O5S2. The molecule has 0 spiro atoms. The van der Waals surface area contributed by atoms with E-state index in [0.717, 1.165) is 60.4 Å². The molecule has 0 bridgehead atoms. The van der Waals surface area contributed by atoms with Crippen LogP contribution in [0.3, 0.4) is 0 Å². The van der Waals surface area contributed by atoms with Crippen molar-refractivity contribution in [3.8, 4) is 10.4 Å². The maximum atomic E-state index is 12.9. The molecule has 1 aromatic heterocycles. The summed E-state index contributed by atoms with van der Waals surface area (Å²) >= 11 is 3.61. The quantitative estimate of drug-likeness (QED) is 0.441. The van der Waals surface area contributed by atoms with Crippen LogP contribution in [0.1, 0.15) is 56.2 Å². The first kappa shape index (κ1) is 25.7. The van der Waals surface area contributed by atoms with Crippen LogP contribution in [-0.2, 0) is 28.6 Å². The van der Waals surface area contributed by atoms with Crippen molar-refractivity contribution in [3.63, 3.8) is 0 Å². The monoisotopic (exact) mass is 530 g/mol. The molecule has 3 fully saturated rings. The van der Waals surface area contributed by atoms with Crippen LogP contribution < -0.4 is 10.8 Å². The summed E-state index contributed by atoms with van der Waals surface area (Å²) in [4.78, 5) is 33.3. The Bertz CT molecular complexity index is 1040. The average Bonchev–Trinajstić information content (AvgIpc) is 3.62. The number of carbonyl (C=O) groups is 2. The Morgan fingerprint density at radius 1 is 1.08 bits per heavy atom. The molecule has 2 amide bonds. The second kappa shape index (κ2) is 12.1. The van der Waals surface area contributed by atoms with Crippen molar-refractivity contribution in [3.05, 3.63) is 41.3 Å². The van der Waals surface area contributed by atoms with Crippen LogP contribution in [-0.4, -0.2) is 43.7 Å². The van der Waals surface area contributed by atoms with Crippen molar-refractivity contribution in [2.75, 3.05) is 30.9 Å². The second-order valence-electron chi connectivity index (χ2n) is 9.71. The fourth-order valence-electron chi connectivity index (χ4n) is 4.98.